The maximum absolute atomic E-state index is 14.1. The van der Waals surface area contributed by atoms with Crippen molar-refractivity contribution in [2.24, 2.45) is 5.92 Å². The summed E-state index contributed by atoms with van der Waals surface area (Å²) in [5, 5.41) is 21.4. The smallest absolute Gasteiger partial charge is 0.261 e. The summed E-state index contributed by atoms with van der Waals surface area (Å²) in [4.78, 5) is 14.7. The van der Waals surface area contributed by atoms with Crippen LogP contribution in [-0.2, 0) is 16.1 Å². The fourth-order valence-electron chi connectivity index (χ4n) is 5.62. The number of halogens is 5. The van der Waals surface area contributed by atoms with Crippen molar-refractivity contribution in [3.8, 4) is 0 Å². The van der Waals surface area contributed by atoms with Crippen LogP contribution in [0.25, 0.3) is 0 Å². The molecule has 5 atom stereocenters. The summed E-state index contributed by atoms with van der Waals surface area (Å²) in [7, 11) is 0. The highest BCUT2D eigenvalue weighted by molar-refractivity contribution is 6.04. The molecule has 3 aromatic rings. The van der Waals surface area contributed by atoms with Gasteiger partial charge in [0.05, 0.1) is 25.4 Å². The molecule has 43 heavy (non-hydrogen) atoms. The maximum Gasteiger partial charge on any atom is 0.261 e. The Morgan fingerprint density at radius 1 is 0.884 bits per heavy atom. The lowest BCUT2D eigenvalue weighted by Crippen LogP contribution is -2.46. The van der Waals surface area contributed by atoms with Gasteiger partial charge in [0.15, 0.2) is 29.6 Å². The average molecular weight is 607 g/mol. The molecule has 2 aliphatic rings. The third-order valence-corrected chi connectivity index (χ3v) is 8.13. The number of benzene rings is 3. The Morgan fingerprint density at radius 2 is 1.49 bits per heavy atom. The van der Waals surface area contributed by atoms with Crippen molar-refractivity contribution in [1.82, 2.24) is 4.90 Å². The number of nitrogens with zero attached hydrogens (tertiary/aromatic N) is 1. The lowest BCUT2D eigenvalue weighted by molar-refractivity contribution is -0.276. The van der Waals surface area contributed by atoms with E-state index in [9.17, 15) is 37.0 Å². The summed E-state index contributed by atoms with van der Waals surface area (Å²) in [6.45, 7) is 3.36. The van der Waals surface area contributed by atoms with Crippen LogP contribution in [0.4, 0.5) is 27.6 Å². The largest absolute Gasteiger partial charge is 0.395 e. The predicted molar refractivity (Wildman–Crippen MR) is 145 cm³/mol. The molecule has 0 saturated carbocycles. The van der Waals surface area contributed by atoms with Crippen molar-refractivity contribution < 1.29 is 46.4 Å². The van der Waals surface area contributed by atoms with Crippen LogP contribution in [0.5, 0.6) is 0 Å². The number of likely N-dealkylation sites (tertiary alicyclic amines) is 1. The summed E-state index contributed by atoms with van der Waals surface area (Å²) in [6.07, 6.45) is 0.333. The van der Waals surface area contributed by atoms with Gasteiger partial charge in [0.2, 0.25) is 5.82 Å². The first kappa shape index (κ1) is 31.0. The van der Waals surface area contributed by atoms with Gasteiger partial charge in [-0.25, -0.2) is 22.0 Å². The number of hydrogen-bond donors (Lipinski definition) is 3. The fourth-order valence-corrected chi connectivity index (χ4v) is 5.62. The van der Waals surface area contributed by atoms with Crippen molar-refractivity contribution in [1.29, 1.82) is 0 Å². The number of amides is 1. The van der Waals surface area contributed by atoms with Crippen molar-refractivity contribution >= 4 is 11.6 Å². The number of nitrogens with one attached hydrogen (secondary N) is 1. The minimum atomic E-state index is -2.35. The molecule has 7 nitrogen and oxygen atoms in total. The van der Waals surface area contributed by atoms with Crippen molar-refractivity contribution in [2.75, 3.05) is 25.0 Å². The number of rotatable bonds is 8. The van der Waals surface area contributed by atoms with Gasteiger partial charge >= 0.3 is 0 Å². The van der Waals surface area contributed by atoms with E-state index >= 15 is 0 Å². The van der Waals surface area contributed by atoms with Crippen molar-refractivity contribution in [3.05, 3.63) is 99.9 Å². The Kier molecular flexibility index (Phi) is 9.42. The average Bonchev–Trinajstić information content (AvgIpc) is 3.47. The zero-order valence-corrected chi connectivity index (χ0v) is 23.2. The van der Waals surface area contributed by atoms with E-state index in [-0.39, 0.29) is 43.1 Å². The zero-order valence-electron chi connectivity index (χ0n) is 23.2. The predicted octanol–water partition coefficient (Wildman–Crippen LogP) is 5.37. The summed E-state index contributed by atoms with van der Waals surface area (Å²) in [5.74, 6) is -12.8. The summed E-state index contributed by atoms with van der Waals surface area (Å²) < 4.78 is 81.5. The van der Waals surface area contributed by atoms with Gasteiger partial charge in [-0.2, -0.15) is 0 Å². The van der Waals surface area contributed by atoms with Crippen LogP contribution in [-0.4, -0.2) is 52.9 Å². The van der Waals surface area contributed by atoms with E-state index in [1.807, 2.05) is 31.2 Å². The highest BCUT2D eigenvalue weighted by atomic mass is 19.2. The molecule has 2 aliphatic heterocycles. The normalized spacial score (nSPS) is 24.3. The molecule has 2 heterocycles. The molecule has 2 fully saturated rings. The van der Waals surface area contributed by atoms with Crippen LogP contribution in [0.15, 0.2) is 48.5 Å². The number of aliphatic hydroxyl groups excluding tert-OH is 2. The number of carbonyl (C=O) groups is 1. The topological polar surface area (TPSA) is 91.3 Å². The van der Waals surface area contributed by atoms with Gasteiger partial charge in [0.25, 0.3) is 5.91 Å². The molecule has 5 unspecified atom stereocenters. The van der Waals surface area contributed by atoms with Crippen molar-refractivity contribution in [3.63, 3.8) is 0 Å². The Hall–Kier alpha value is -3.42. The van der Waals surface area contributed by atoms with Gasteiger partial charge in [-0.1, -0.05) is 43.3 Å². The molecule has 230 valence electrons. The molecule has 0 aliphatic carbocycles. The quantitative estimate of drug-likeness (QED) is 0.181. The Labute approximate surface area is 244 Å². The van der Waals surface area contributed by atoms with Crippen LogP contribution in [0.3, 0.4) is 0 Å². The molecule has 0 bridgehead atoms. The minimum Gasteiger partial charge on any atom is -0.395 e. The van der Waals surface area contributed by atoms with Crippen LogP contribution >= 0.6 is 0 Å². The molecule has 0 radical (unpaired) electrons. The third-order valence-electron chi connectivity index (χ3n) is 8.13. The van der Waals surface area contributed by atoms with Crippen LogP contribution < -0.4 is 5.32 Å². The number of ether oxygens (including phenoxy) is 2. The molecule has 0 spiro atoms. The van der Waals surface area contributed by atoms with Crippen LogP contribution in [0.1, 0.15) is 59.2 Å². The summed E-state index contributed by atoms with van der Waals surface area (Å²) in [6, 6.07) is 13.4. The molecule has 12 heteroatoms. The lowest BCUT2D eigenvalue weighted by atomic mass is 9.90. The highest BCUT2D eigenvalue weighted by Gasteiger charge is 2.40. The zero-order chi connectivity index (χ0) is 30.8. The molecule has 1 amide bonds. The van der Waals surface area contributed by atoms with E-state index in [2.05, 4.69) is 10.2 Å². The third kappa shape index (κ3) is 6.29. The Morgan fingerprint density at radius 3 is 2.09 bits per heavy atom. The van der Waals surface area contributed by atoms with Gasteiger partial charge in [0, 0.05) is 29.8 Å². The van der Waals surface area contributed by atoms with Crippen LogP contribution in [0.2, 0.25) is 0 Å². The molecular formula is C31H31F5N2O5. The fraction of sp³-hybridized carbons (Fsp3) is 0.387. The second-order valence-corrected chi connectivity index (χ2v) is 10.8. The van der Waals surface area contributed by atoms with E-state index in [0.717, 1.165) is 30.5 Å². The minimum absolute atomic E-state index is 0.0393. The molecule has 5 rings (SSSR count). The monoisotopic (exact) mass is 606 g/mol. The first-order valence-electron chi connectivity index (χ1n) is 13.9. The standard InChI is InChI=1S/C31H31F5N2O5/c1-16-22(13-38-12-2-3-21(38)15-40)42-31(43-29(16)18-6-4-17(14-39)5-7-18)19-8-10-20(11-9-19)37-30(41)23-24(32)26(34)28(36)27(35)25(23)33/h4-11,16,21-22,29,31,39-40H,2-3,12-15H2,1H3,(H,37,41). The molecular weight excluding hydrogens is 575 g/mol. The van der Waals surface area contributed by atoms with Gasteiger partial charge in [-0.05, 0) is 42.6 Å². The summed E-state index contributed by atoms with van der Waals surface area (Å²) in [5.41, 5.74) is 0.646. The van der Waals surface area contributed by atoms with E-state index in [4.69, 9.17) is 9.47 Å². The second kappa shape index (κ2) is 13.1. The molecule has 3 aromatic carbocycles. The lowest BCUT2D eigenvalue weighted by Gasteiger charge is -2.43. The Bertz CT molecular complexity index is 1430. The summed E-state index contributed by atoms with van der Waals surface area (Å²) >= 11 is 0. The maximum atomic E-state index is 14.1. The van der Waals surface area contributed by atoms with E-state index in [0.29, 0.717) is 12.1 Å². The van der Waals surface area contributed by atoms with E-state index in [1.165, 1.54) is 12.1 Å². The first-order valence-corrected chi connectivity index (χ1v) is 13.9. The van der Waals surface area contributed by atoms with Gasteiger partial charge in [0.1, 0.15) is 5.56 Å². The SMILES string of the molecule is CC1C(CN2CCCC2CO)OC(c2ccc(NC(=O)c3c(F)c(F)c(F)c(F)c3F)cc2)OC1c1ccc(CO)cc1. The first-order chi connectivity index (χ1) is 20.6. The number of aliphatic hydroxyl groups is 2. The van der Waals surface area contributed by atoms with Gasteiger partial charge in [-0.3, -0.25) is 9.69 Å². The van der Waals surface area contributed by atoms with Gasteiger partial charge in [-0.15, -0.1) is 0 Å². The molecule has 0 aromatic heterocycles. The van der Waals surface area contributed by atoms with E-state index in [1.54, 1.807) is 12.1 Å². The Balaban J connectivity index is 1.37. The van der Waals surface area contributed by atoms with Crippen LogP contribution in [0, 0.1) is 35.0 Å². The number of hydrogen-bond acceptors (Lipinski definition) is 6. The number of carbonyl (C=O) groups excluding carboxylic acids is 1. The second-order valence-electron chi connectivity index (χ2n) is 10.8. The highest BCUT2D eigenvalue weighted by Crippen LogP contribution is 2.42. The number of anilines is 1. The van der Waals surface area contributed by atoms with Crippen molar-refractivity contribution in [2.45, 2.75) is 50.9 Å². The molecule has 2 saturated heterocycles. The molecule has 3 N–H and O–H groups in total. The van der Waals surface area contributed by atoms with Gasteiger partial charge < -0.3 is 25.0 Å². The van der Waals surface area contributed by atoms with E-state index < -0.39 is 46.8 Å².